The van der Waals surface area contributed by atoms with Crippen LogP contribution in [-0.4, -0.2) is 40.1 Å². The largest absolute Gasteiger partial charge is 0.268 e. The van der Waals surface area contributed by atoms with E-state index in [2.05, 4.69) is 4.72 Å². The third-order valence-electron chi connectivity index (χ3n) is 4.66. The molecular weight excluding hydrogens is 412 g/mol. The number of sulfonamides is 2. The van der Waals surface area contributed by atoms with Gasteiger partial charge >= 0.3 is 0 Å². The van der Waals surface area contributed by atoms with E-state index in [1.54, 1.807) is 46.8 Å². The van der Waals surface area contributed by atoms with Crippen LogP contribution in [-0.2, 0) is 20.0 Å². The summed E-state index contributed by atoms with van der Waals surface area (Å²) in [6.07, 6.45) is 0. The molecule has 1 N–H and O–H groups in total. The van der Waals surface area contributed by atoms with E-state index >= 15 is 0 Å². The van der Waals surface area contributed by atoms with Crippen molar-refractivity contribution in [2.24, 2.45) is 0 Å². The van der Waals surface area contributed by atoms with Gasteiger partial charge in [0.2, 0.25) is 10.0 Å². The molecule has 9 heteroatoms. The zero-order valence-corrected chi connectivity index (χ0v) is 18.8. The van der Waals surface area contributed by atoms with E-state index in [-0.39, 0.29) is 28.4 Å². The third-order valence-corrected chi connectivity index (χ3v) is 8.18. The Hall–Kier alpha value is -2.23. The lowest BCUT2D eigenvalue weighted by atomic mass is 10.1. The van der Waals surface area contributed by atoms with Crippen molar-refractivity contribution in [3.63, 3.8) is 0 Å². The van der Waals surface area contributed by atoms with Crippen molar-refractivity contribution in [2.75, 3.05) is 13.1 Å². The van der Waals surface area contributed by atoms with Crippen molar-refractivity contribution in [2.45, 2.75) is 44.4 Å². The molecule has 1 amide bonds. The summed E-state index contributed by atoms with van der Waals surface area (Å²) in [6, 6.07) is 9.06. The van der Waals surface area contributed by atoms with E-state index in [0.29, 0.717) is 11.1 Å². The molecule has 158 valence electrons. The maximum Gasteiger partial charge on any atom is 0.265 e. The second-order valence-electron chi connectivity index (χ2n) is 6.77. The molecule has 7 nitrogen and oxygen atoms in total. The van der Waals surface area contributed by atoms with Crippen molar-refractivity contribution >= 4 is 26.0 Å². The van der Waals surface area contributed by atoms with Crippen LogP contribution in [0, 0.1) is 20.8 Å². The van der Waals surface area contributed by atoms with Crippen molar-refractivity contribution in [1.82, 2.24) is 9.03 Å². The Morgan fingerprint density at radius 2 is 1.48 bits per heavy atom. The summed E-state index contributed by atoms with van der Waals surface area (Å²) in [4.78, 5) is 12.7. The van der Waals surface area contributed by atoms with Crippen molar-refractivity contribution in [3.8, 4) is 0 Å². The summed E-state index contributed by atoms with van der Waals surface area (Å²) in [6.45, 7) is 9.03. The highest BCUT2D eigenvalue weighted by molar-refractivity contribution is 7.90. The molecule has 2 aromatic carbocycles. The quantitative estimate of drug-likeness (QED) is 0.716. The number of hydrogen-bond donors (Lipinski definition) is 1. The predicted molar refractivity (Wildman–Crippen MR) is 112 cm³/mol. The van der Waals surface area contributed by atoms with E-state index < -0.39 is 26.0 Å². The minimum absolute atomic E-state index is 0.00730. The van der Waals surface area contributed by atoms with Gasteiger partial charge in [0, 0.05) is 18.7 Å². The molecule has 0 saturated carbocycles. The molecule has 0 spiro atoms. The van der Waals surface area contributed by atoms with Gasteiger partial charge < -0.3 is 0 Å². The van der Waals surface area contributed by atoms with Crippen LogP contribution in [0.2, 0.25) is 0 Å². The van der Waals surface area contributed by atoms with Crippen LogP contribution in [0.25, 0.3) is 0 Å². The molecule has 0 fully saturated rings. The second kappa shape index (κ2) is 8.64. The van der Waals surface area contributed by atoms with Crippen LogP contribution < -0.4 is 4.72 Å². The first-order chi connectivity index (χ1) is 13.4. The number of nitrogens with zero attached hydrogens (tertiary/aromatic N) is 1. The summed E-state index contributed by atoms with van der Waals surface area (Å²) in [5, 5.41) is 0. The van der Waals surface area contributed by atoms with E-state index in [1.165, 1.54) is 28.6 Å². The maximum atomic E-state index is 12.7. The molecule has 0 aliphatic rings. The van der Waals surface area contributed by atoms with Crippen LogP contribution in [0.15, 0.2) is 46.2 Å². The van der Waals surface area contributed by atoms with Gasteiger partial charge in [0.05, 0.1) is 9.79 Å². The van der Waals surface area contributed by atoms with Gasteiger partial charge in [-0.05, 0) is 55.7 Å². The lowest BCUT2D eigenvalue weighted by Crippen LogP contribution is -2.33. The van der Waals surface area contributed by atoms with Gasteiger partial charge in [-0.15, -0.1) is 0 Å². The Morgan fingerprint density at radius 1 is 0.897 bits per heavy atom. The number of amides is 1. The lowest BCUT2D eigenvalue weighted by Gasteiger charge is -2.19. The maximum absolute atomic E-state index is 12.7. The number of aryl methyl sites for hydroxylation is 3. The minimum atomic E-state index is -4.11. The molecule has 0 bridgehead atoms. The van der Waals surface area contributed by atoms with Gasteiger partial charge in [-0.3, -0.25) is 4.79 Å². The molecule has 0 aromatic heterocycles. The predicted octanol–water partition coefficient (Wildman–Crippen LogP) is 2.76. The van der Waals surface area contributed by atoms with E-state index in [9.17, 15) is 21.6 Å². The molecule has 0 heterocycles. The van der Waals surface area contributed by atoms with Gasteiger partial charge in [0.15, 0.2) is 0 Å². The number of carbonyl (C=O) groups is 1. The van der Waals surface area contributed by atoms with Crippen LogP contribution in [0.3, 0.4) is 0 Å². The van der Waals surface area contributed by atoms with E-state index in [0.717, 1.165) is 5.56 Å². The zero-order valence-electron chi connectivity index (χ0n) is 17.2. The van der Waals surface area contributed by atoms with E-state index in [4.69, 9.17) is 0 Å². The standard InChI is InChI=1S/C20H26N2O5S2/c1-6-22(7-2)29(26,27)17-11-10-15(4)18(13-17)20(23)21-28(24,25)19-12-14(3)8-9-16(19)5/h8-13H,6-7H2,1-5H3,(H,21,23). The number of carbonyl (C=O) groups excluding carboxylic acids is 1. The molecule has 0 aliphatic heterocycles. The fourth-order valence-corrected chi connectivity index (χ4v) is 5.73. The number of hydrogen-bond acceptors (Lipinski definition) is 5. The fourth-order valence-electron chi connectivity index (χ4n) is 2.95. The fraction of sp³-hybridized carbons (Fsp3) is 0.350. The number of nitrogens with one attached hydrogen (secondary N) is 1. The second-order valence-corrected chi connectivity index (χ2v) is 10.4. The van der Waals surface area contributed by atoms with Gasteiger partial charge in [-0.25, -0.2) is 21.6 Å². The molecule has 0 saturated heterocycles. The summed E-state index contributed by atoms with van der Waals surface area (Å²) < 4.78 is 54.3. The van der Waals surface area contributed by atoms with Crippen molar-refractivity contribution in [1.29, 1.82) is 0 Å². The van der Waals surface area contributed by atoms with Crippen LogP contribution >= 0.6 is 0 Å². The monoisotopic (exact) mass is 438 g/mol. The minimum Gasteiger partial charge on any atom is -0.268 e. The molecule has 0 atom stereocenters. The molecule has 2 rings (SSSR count). The summed E-state index contributed by atoms with van der Waals surface area (Å²) in [5.41, 5.74) is 1.71. The van der Waals surface area contributed by atoms with Gasteiger partial charge in [-0.2, -0.15) is 4.31 Å². The molecular formula is C20H26N2O5S2. The zero-order chi connectivity index (χ0) is 22.0. The van der Waals surface area contributed by atoms with Gasteiger partial charge in [-0.1, -0.05) is 32.0 Å². The lowest BCUT2D eigenvalue weighted by molar-refractivity contribution is 0.0980. The van der Waals surface area contributed by atoms with Crippen molar-refractivity contribution in [3.05, 3.63) is 58.7 Å². The Labute approximate surface area is 172 Å². The van der Waals surface area contributed by atoms with Crippen LogP contribution in [0.4, 0.5) is 0 Å². The Kier molecular flexibility index (Phi) is 6.87. The highest BCUT2D eigenvalue weighted by Crippen LogP contribution is 2.21. The molecule has 0 aliphatic carbocycles. The Bertz CT molecular complexity index is 1140. The van der Waals surface area contributed by atoms with Gasteiger partial charge in [0.1, 0.15) is 0 Å². The Balaban J connectivity index is 2.45. The first kappa shape index (κ1) is 23.1. The SMILES string of the molecule is CCN(CC)S(=O)(=O)c1ccc(C)c(C(=O)NS(=O)(=O)c2cc(C)ccc2C)c1. The average Bonchev–Trinajstić information content (AvgIpc) is 2.64. The molecule has 0 radical (unpaired) electrons. The Morgan fingerprint density at radius 3 is 2.07 bits per heavy atom. The summed E-state index contributed by atoms with van der Waals surface area (Å²) in [7, 11) is -7.89. The number of rotatable bonds is 7. The molecule has 0 unspecified atom stereocenters. The van der Waals surface area contributed by atoms with E-state index in [1.807, 2.05) is 0 Å². The van der Waals surface area contributed by atoms with Gasteiger partial charge in [0.25, 0.3) is 15.9 Å². The highest BCUT2D eigenvalue weighted by atomic mass is 32.2. The van der Waals surface area contributed by atoms with Crippen LogP contribution in [0.1, 0.15) is 40.9 Å². The summed E-state index contributed by atoms with van der Waals surface area (Å²) >= 11 is 0. The number of benzene rings is 2. The van der Waals surface area contributed by atoms with Crippen molar-refractivity contribution < 1.29 is 21.6 Å². The average molecular weight is 439 g/mol. The molecule has 2 aromatic rings. The smallest absolute Gasteiger partial charge is 0.265 e. The first-order valence-corrected chi connectivity index (χ1v) is 12.1. The first-order valence-electron chi connectivity index (χ1n) is 9.19. The normalized spacial score (nSPS) is 12.2. The topological polar surface area (TPSA) is 101 Å². The molecule has 29 heavy (non-hydrogen) atoms. The summed E-state index contributed by atoms with van der Waals surface area (Å²) in [5.74, 6) is -0.875. The highest BCUT2D eigenvalue weighted by Gasteiger charge is 2.26. The third kappa shape index (κ3) is 4.85. The van der Waals surface area contributed by atoms with Crippen LogP contribution in [0.5, 0.6) is 0 Å².